The standard InChI is InChI=1S/C14H26N2O2/c1-18-13-7-3-2-6-12(13)15-9-8-14(17)16-10-4-5-11-16/h12-13,15H,2-11H2,1H3. The maximum atomic E-state index is 11.9. The van der Waals surface area contributed by atoms with Crippen LogP contribution in [0.2, 0.25) is 0 Å². The highest BCUT2D eigenvalue weighted by molar-refractivity contribution is 5.76. The molecule has 0 radical (unpaired) electrons. The van der Waals surface area contributed by atoms with Gasteiger partial charge in [-0.3, -0.25) is 4.79 Å². The molecular weight excluding hydrogens is 228 g/mol. The largest absolute Gasteiger partial charge is 0.380 e. The van der Waals surface area contributed by atoms with E-state index in [1.807, 2.05) is 4.90 Å². The summed E-state index contributed by atoms with van der Waals surface area (Å²) in [7, 11) is 1.79. The van der Waals surface area contributed by atoms with Crippen LogP contribution in [-0.4, -0.2) is 49.7 Å². The average molecular weight is 254 g/mol. The Hall–Kier alpha value is -0.610. The van der Waals surface area contributed by atoms with Gasteiger partial charge in [0.1, 0.15) is 0 Å². The lowest BCUT2D eigenvalue weighted by Gasteiger charge is -2.31. The van der Waals surface area contributed by atoms with E-state index in [0.717, 1.165) is 26.1 Å². The van der Waals surface area contributed by atoms with Crippen molar-refractivity contribution in [3.8, 4) is 0 Å². The monoisotopic (exact) mass is 254 g/mol. The van der Waals surface area contributed by atoms with E-state index >= 15 is 0 Å². The molecule has 0 aromatic rings. The minimum atomic E-state index is 0.310. The average Bonchev–Trinajstić information content (AvgIpc) is 2.93. The fourth-order valence-corrected chi connectivity index (χ4v) is 3.10. The molecule has 0 spiro atoms. The summed E-state index contributed by atoms with van der Waals surface area (Å²) in [6.45, 7) is 2.71. The first-order valence-corrected chi connectivity index (χ1v) is 7.35. The molecule has 1 amide bonds. The lowest BCUT2D eigenvalue weighted by molar-refractivity contribution is -0.130. The summed E-state index contributed by atoms with van der Waals surface area (Å²) in [6, 6.07) is 0.440. The summed E-state index contributed by atoms with van der Waals surface area (Å²) in [5.74, 6) is 0.310. The van der Waals surface area contributed by atoms with Crippen LogP contribution in [0.3, 0.4) is 0 Å². The number of carbonyl (C=O) groups is 1. The van der Waals surface area contributed by atoms with E-state index in [1.54, 1.807) is 7.11 Å². The van der Waals surface area contributed by atoms with Crippen molar-refractivity contribution in [2.75, 3.05) is 26.7 Å². The van der Waals surface area contributed by atoms with Crippen molar-refractivity contribution in [1.82, 2.24) is 10.2 Å². The lowest BCUT2D eigenvalue weighted by atomic mass is 9.92. The van der Waals surface area contributed by atoms with E-state index in [9.17, 15) is 4.79 Å². The Balaban J connectivity index is 1.65. The Bertz CT molecular complexity index is 265. The first kappa shape index (κ1) is 13.8. The fourth-order valence-electron chi connectivity index (χ4n) is 3.10. The molecule has 4 nitrogen and oxygen atoms in total. The first-order valence-electron chi connectivity index (χ1n) is 7.35. The molecule has 2 fully saturated rings. The molecule has 1 saturated heterocycles. The van der Waals surface area contributed by atoms with E-state index in [2.05, 4.69) is 5.32 Å². The third kappa shape index (κ3) is 3.69. The van der Waals surface area contributed by atoms with E-state index in [1.165, 1.54) is 32.1 Å². The fraction of sp³-hybridized carbons (Fsp3) is 0.929. The molecule has 1 N–H and O–H groups in total. The lowest BCUT2D eigenvalue weighted by Crippen LogP contribution is -2.44. The minimum absolute atomic E-state index is 0.310. The summed E-state index contributed by atoms with van der Waals surface area (Å²) in [6.07, 6.45) is 8.18. The number of carbonyl (C=O) groups excluding carboxylic acids is 1. The molecule has 1 aliphatic heterocycles. The molecule has 1 saturated carbocycles. The van der Waals surface area contributed by atoms with Gasteiger partial charge >= 0.3 is 0 Å². The van der Waals surface area contributed by atoms with Gasteiger partial charge in [0.15, 0.2) is 0 Å². The minimum Gasteiger partial charge on any atom is -0.380 e. The van der Waals surface area contributed by atoms with Crippen LogP contribution in [0.25, 0.3) is 0 Å². The van der Waals surface area contributed by atoms with Crippen molar-refractivity contribution < 1.29 is 9.53 Å². The van der Waals surface area contributed by atoms with Crippen LogP contribution < -0.4 is 5.32 Å². The molecule has 0 bridgehead atoms. The number of hydrogen-bond acceptors (Lipinski definition) is 3. The normalized spacial score (nSPS) is 28.6. The molecule has 18 heavy (non-hydrogen) atoms. The molecule has 2 unspecified atom stereocenters. The van der Waals surface area contributed by atoms with Crippen molar-refractivity contribution in [2.45, 2.75) is 57.1 Å². The maximum Gasteiger partial charge on any atom is 0.223 e. The zero-order valence-electron chi connectivity index (χ0n) is 11.5. The molecular formula is C14H26N2O2. The zero-order valence-corrected chi connectivity index (χ0v) is 11.5. The van der Waals surface area contributed by atoms with Gasteiger partial charge in [-0.15, -0.1) is 0 Å². The quantitative estimate of drug-likeness (QED) is 0.809. The predicted molar refractivity (Wildman–Crippen MR) is 71.5 cm³/mol. The number of rotatable bonds is 5. The number of amides is 1. The number of likely N-dealkylation sites (tertiary alicyclic amines) is 1. The zero-order chi connectivity index (χ0) is 12.8. The van der Waals surface area contributed by atoms with Gasteiger partial charge in [0.05, 0.1) is 6.10 Å². The van der Waals surface area contributed by atoms with Gasteiger partial charge in [0.2, 0.25) is 5.91 Å². The molecule has 0 aromatic heterocycles. The summed E-state index contributed by atoms with van der Waals surface area (Å²) in [5.41, 5.74) is 0. The number of hydrogen-bond donors (Lipinski definition) is 1. The van der Waals surface area contributed by atoms with Crippen LogP contribution in [0.4, 0.5) is 0 Å². The van der Waals surface area contributed by atoms with Crippen LogP contribution in [0.15, 0.2) is 0 Å². The Labute approximate surface area is 110 Å². The summed E-state index contributed by atoms with van der Waals surface area (Å²) >= 11 is 0. The number of methoxy groups -OCH3 is 1. The molecule has 104 valence electrons. The van der Waals surface area contributed by atoms with Crippen molar-refractivity contribution in [3.05, 3.63) is 0 Å². The van der Waals surface area contributed by atoms with Crippen molar-refractivity contribution in [1.29, 1.82) is 0 Å². The highest BCUT2D eigenvalue weighted by Gasteiger charge is 2.24. The third-order valence-electron chi connectivity index (χ3n) is 4.21. The van der Waals surface area contributed by atoms with Crippen molar-refractivity contribution in [2.24, 2.45) is 0 Å². The van der Waals surface area contributed by atoms with Crippen LogP contribution >= 0.6 is 0 Å². The molecule has 2 atom stereocenters. The van der Waals surface area contributed by atoms with Crippen LogP contribution in [0.5, 0.6) is 0 Å². The topological polar surface area (TPSA) is 41.6 Å². The second-order valence-corrected chi connectivity index (χ2v) is 5.46. The van der Waals surface area contributed by atoms with E-state index < -0.39 is 0 Å². The van der Waals surface area contributed by atoms with Gasteiger partial charge in [-0.1, -0.05) is 12.8 Å². The van der Waals surface area contributed by atoms with Gasteiger partial charge < -0.3 is 15.0 Å². The molecule has 1 heterocycles. The highest BCUT2D eigenvalue weighted by atomic mass is 16.5. The maximum absolute atomic E-state index is 11.9. The van der Waals surface area contributed by atoms with Crippen molar-refractivity contribution in [3.63, 3.8) is 0 Å². The summed E-state index contributed by atoms with van der Waals surface area (Å²) in [4.78, 5) is 13.9. The van der Waals surface area contributed by atoms with Gasteiger partial charge in [0.25, 0.3) is 0 Å². The van der Waals surface area contributed by atoms with Gasteiger partial charge in [0, 0.05) is 39.2 Å². The molecule has 0 aromatic carbocycles. The molecule has 4 heteroatoms. The van der Waals surface area contributed by atoms with Gasteiger partial charge in [-0.25, -0.2) is 0 Å². The van der Waals surface area contributed by atoms with Crippen LogP contribution in [-0.2, 0) is 9.53 Å². The molecule has 2 rings (SSSR count). The van der Waals surface area contributed by atoms with E-state index in [-0.39, 0.29) is 0 Å². The summed E-state index contributed by atoms with van der Waals surface area (Å²) < 4.78 is 5.50. The number of nitrogens with one attached hydrogen (secondary N) is 1. The summed E-state index contributed by atoms with van der Waals surface area (Å²) in [5, 5.41) is 3.50. The Morgan fingerprint density at radius 1 is 1.22 bits per heavy atom. The van der Waals surface area contributed by atoms with E-state index in [0.29, 0.717) is 24.5 Å². The second kappa shape index (κ2) is 7.10. The Kier molecular flexibility index (Phi) is 5.45. The first-order chi connectivity index (χ1) is 8.81. The molecule has 2 aliphatic rings. The van der Waals surface area contributed by atoms with Crippen LogP contribution in [0.1, 0.15) is 44.9 Å². The van der Waals surface area contributed by atoms with Gasteiger partial charge in [-0.2, -0.15) is 0 Å². The highest BCUT2D eigenvalue weighted by Crippen LogP contribution is 2.20. The Morgan fingerprint density at radius 3 is 2.67 bits per heavy atom. The molecule has 1 aliphatic carbocycles. The SMILES string of the molecule is COC1CCCCC1NCCC(=O)N1CCCC1. The number of nitrogens with zero attached hydrogens (tertiary/aromatic N) is 1. The predicted octanol–water partition coefficient (Wildman–Crippen LogP) is 1.55. The smallest absolute Gasteiger partial charge is 0.223 e. The van der Waals surface area contributed by atoms with E-state index in [4.69, 9.17) is 4.74 Å². The number of ether oxygens (including phenoxy) is 1. The second-order valence-electron chi connectivity index (χ2n) is 5.46. The van der Waals surface area contributed by atoms with Crippen LogP contribution in [0, 0.1) is 0 Å². The van der Waals surface area contributed by atoms with Crippen molar-refractivity contribution >= 4 is 5.91 Å². The Morgan fingerprint density at radius 2 is 1.94 bits per heavy atom. The third-order valence-corrected chi connectivity index (χ3v) is 4.21. The van der Waals surface area contributed by atoms with Gasteiger partial charge in [-0.05, 0) is 25.7 Å².